The molecule has 3 heterocycles. The van der Waals surface area contributed by atoms with Gasteiger partial charge < -0.3 is 44.3 Å². The van der Waals surface area contributed by atoms with Gasteiger partial charge in [0.1, 0.15) is 11.5 Å². The quantitative estimate of drug-likeness (QED) is 0.166. The fourth-order valence-corrected chi connectivity index (χ4v) is 6.83. The van der Waals surface area contributed by atoms with Gasteiger partial charge in [0.15, 0.2) is 12.1 Å². The molecule has 3 aliphatic heterocycles. The van der Waals surface area contributed by atoms with Crippen molar-refractivity contribution in [3.8, 4) is 11.5 Å². The highest BCUT2D eigenvalue weighted by Gasteiger charge is 2.43. The molecule has 3 fully saturated rings. The molecule has 2 amide bonds. The van der Waals surface area contributed by atoms with E-state index >= 15 is 0 Å². The van der Waals surface area contributed by atoms with Gasteiger partial charge >= 0.3 is 6.03 Å². The third-order valence-corrected chi connectivity index (χ3v) is 9.79. The number of nitrogens with zero attached hydrogens (tertiary/aromatic N) is 1. The number of benzene rings is 4. The van der Waals surface area contributed by atoms with Crippen LogP contribution in [0.4, 0.5) is 10.5 Å². The zero-order chi connectivity index (χ0) is 34.3. The molecule has 0 aromatic heterocycles. The van der Waals surface area contributed by atoms with Crippen molar-refractivity contribution in [2.45, 2.75) is 57.2 Å². The summed E-state index contributed by atoms with van der Waals surface area (Å²) >= 11 is 0. The molecular weight excluding hydrogens is 634 g/mol. The number of hydrogen-bond donors (Lipinski definition) is 3. The van der Waals surface area contributed by atoms with Gasteiger partial charge in [-0.15, -0.1) is 0 Å². The third-order valence-electron chi connectivity index (χ3n) is 9.79. The van der Waals surface area contributed by atoms with E-state index in [0.29, 0.717) is 31.2 Å². The lowest BCUT2D eigenvalue weighted by atomic mass is 9.89. The summed E-state index contributed by atoms with van der Waals surface area (Å²) in [5.41, 5.74) is 4.45. The van der Waals surface area contributed by atoms with E-state index in [1.807, 2.05) is 91.0 Å². The molecule has 4 aromatic rings. The van der Waals surface area contributed by atoms with Crippen LogP contribution in [0, 0.1) is 5.92 Å². The normalized spacial score (nSPS) is 23.4. The second kappa shape index (κ2) is 15.7. The largest absolute Gasteiger partial charge is 0.457 e. The SMILES string of the molecule is C[C@H]1[C@@H](CN2CCC3(CC2)OCCO3)O[C@@H](c2ccc(CNC(=O)Nc3ccc(Oc4ccccc4)cc3)cc2)O[C@H]1c1ccc(CO)cc1. The number of nitrogens with one attached hydrogen (secondary N) is 2. The number of carbonyl (C=O) groups excluding carboxylic acids is 1. The maximum Gasteiger partial charge on any atom is 0.319 e. The van der Waals surface area contributed by atoms with Crippen LogP contribution in [-0.2, 0) is 32.1 Å². The molecule has 4 atom stereocenters. The second-order valence-corrected chi connectivity index (χ2v) is 13.2. The predicted molar refractivity (Wildman–Crippen MR) is 189 cm³/mol. The third kappa shape index (κ3) is 8.35. The number of piperidine rings is 1. The zero-order valence-electron chi connectivity index (χ0n) is 28.3. The summed E-state index contributed by atoms with van der Waals surface area (Å²) in [7, 11) is 0. The first-order valence-corrected chi connectivity index (χ1v) is 17.4. The number of rotatable bonds is 10. The highest BCUT2D eigenvalue weighted by molar-refractivity contribution is 5.89. The van der Waals surface area contributed by atoms with Crippen molar-refractivity contribution in [3.63, 3.8) is 0 Å². The van der Waals surface area contributed by atoms with Gasteiger partial charge in [0.25, 0.3) is 0 Å². The average Bonchev–Trinajstić information content (AvgIpc) is 3.62. The van der Waals surface area contributed by atoms with Crippen LogP contribution >= 0.6 is 0 Å². The number of amides is 2. The molecule has 3 aliphatic rings. The number of para-hydroxylation sites is 1. The van der Waals surface area contributed by atoms with Crippen molar-refractivity contribution in [3.05, 3.63) is 125 Å². The molecule has 0 aliphatic carbocycles. The van der Waals surface area contributed by atoms with Crippen LogP contribution in [0.1, 0.15) is 54.4 Å². The Morgan fingerprint density at radius 3 is 2.14 bits per heavy atom. The van der Waals surface area contributed by atoms with Crippen molar-refractivity contribution in [2.24, 2.45) is 5.92 Å². The summed E-state index contributed by atoms with van der Waals surface area (Å²) in [6.45, 7) is 6.43. The van der Waals surface area contributed by atoms with Crippen molar-refractivity contribution >= 4 is 11.7 Å². The summed E-state index contributed by atoms with van der Waals surface area (Å²) in [5, 5.41) is 15.4. The minimum absolute atomic E-state index is 0.000177. The summed E-state index contributed by atoms with van der Waals surface area (Å²) < 4.78 is 31.1. The number of carbonyl (C=O) groups is 1. The Kier molecular flexibility index (Phi) is 10.7. The smallest absolute Gasteiger partial charge is 0.319 e. The zero-order valence-corrected chi connectivity index (χ0v) is 28.3. The van der Waals surface area contributed by atoms with Gasteiger partial charge in [0, 0.05) is 56.2 Å². The van der Waals surface area contributed by atoms with E-state index in [1.165, 1.54) is 0 Å². The molecule has 4 aromatic carbocycles. The lowest BCUT2D eigenvalue weighted by Gasteiger charge is -2.44. The van der Waals surface area contributed by atoms with Crippen LogP contribution < -0.4 is 15.4 Å². The Morgan fingerprint density at radius 2 is 1.46 bits per heavy atom. The number of ether oxygens (including phenoxy) is 5. The molecule has 10 nitrogen and oxygen atoms in total. The monoisotopic (exact) mass is 679 g/mol. The van der Waals surface area contributed by atoms with E-state index in [1.54, 1.807) is 12.1 Å². The first kappa shape index (κ1) is 34.2. The number of urea groups is 1. The Balaban J connectivity index is 0.963. The van der Waals surface area contributed by atoms with Gasteiger partial charge in [0.05, 0.1) is 32.0 Å². The Morgan fingerprint density at radius 1 is 0.820 bits per heavy atom. The second-order valence-electron chi connectivity index (χ2n) is 13.2. The number of aliphatic hydroxyl groups excluding tert-OH is 1. The summed E-state index contributed by atoms with van der Waals surface area (Å²) in [6, 6.07) is 32.5. The van der Waals surface area contributed by atoms with Gasteiger partial charge in [-0.2, -0.15) is 0 Å². The minimum atomic E-state index is -0.560. The molecule has 0 radical (unpaired) electrons. The van der Waals surface area contributed by atoms with E-state index in [9.17, 15) is 9.90 Å². The predicted octanol–water partition coefficient (Wildman–Crippen LogP) is 6.92. The van der Waals surface area contributed by atoms with Crippen LogP contribution in [-0.4, -0.2) is 60.8 Å². The van der Waals surface area contributed by atoms with Crippen LogP contribution in [0.15, 0.2) is 103 Å². The molecule has 7 rings (SSSR count). The van der Waals surface area contributed by atoms with Crippen molar-refractivity contribution in [1.29, 1.82) is 0 Å². The fraction of sp³-hybridized carbons (Fsp3) is 0.375. The first-order valence-electron chi connectivity index (χ1n) is 17.4. The van der Waals surface area contributed by atoms with Crippen LogP contribution in [0.2, 0.25) is 0 Å². The first-order chi connectivity index (χ1) is 24.4. The molecule has 262 valence electrons. The Labute approximate surface area is 293 Å². The molecule has 3 N–H and O–H groups in total. The summed E-state index contributed by atoms with van der Waals surface area (Å²) in [5.74, 6) is 1.12. The van der Waals surface area contributed by atoms with Crippen molar-refractivity contribution in [2.75, 3.05) is 38.2 Å². The number of anilines is 1. The van der Waals surface area contributed by atoms with Gasteiger partial charge in [-0.1, -0.05) is 73.7 Å². The highest BCUT2D eigenvalue weighted by atomic mass is 16.7. The highest BCUT2D eigenvalue weighted by Crippen LogP contribution is 2.42. The molecule has 0 saturated carbocycles. The average molecular weight is 680 g/mol. The topological polar surface area (TPSA) is 111 Å². The van der Waals surface area contributed by atoms with Crippen LogP contribution in [0.5, 0.6) is 11.5 Å². The molecule has 0 bridgehead atoms. The van der Waals surface area contributed by atoms with E-state index in [2.05, 4.69) is 22.5 Å². The standard InChI is InChI=1S/C40H45N3O7/c1-28-36(26-43-21-19-40(20-22-43)46-23-24-47-40)49-38(50-37(28)31-11-9-30(27-44)10-12-31)32-13-7-29(8-14-32)25-41-39(45)42-33-15-17-35(18-16-33)48-34-5-3-2-4-6-34/h2-18,28,36-38,44H,19-27H2,1H3,(H2,41,42,45)/t28-,36+,37+,38+/m0/s1. The van der Waals surface area contributed by atoms with Gasteiger partial charge in [-0.25, -0.2) is 4.79 Å². The number of likely N-dealkylation sites (tertiary alicyclic amines) is 1. The number of aliphatic hydroxyl groups is 1. The molecule has 1 spiro atoms. The maximum absolute atomic E-state index is 12.7. The molecule has 10 heteroatoms. The lowest BCUT2D eigenvalue weighted by Crippen LogP contribution is -2.50. The summed E-state index contributed by atoms with van der Waals surface area (Å²) in [6.07, 6.45) is 0.885. The Hall–Kier alpha value is -4.29. The molecule has 50 heavy (non-hydrogen) atoms. The van der Waals surface area contributed by atoms with E-state index < -0.39 is 12.1 Å². The number of hydrogen-bond acceptors (Lipinski definition) is 8. The van der Waals surface area contributed by atoms with E-state index in [4.69, 9.17) is 23.7 Å². The van der Waals surface area contributed by atoms with Crippen molar-refractivity contribution < 1.29 is 33.6 Å². The minimum Gasteiger partial charge on any atom is -0.457 e. The van der Waals surface area contributed by atoms with Gasteiger partial charge in [-0.05, 0) is 53.1 Å². The fourth-order valence-electron chi connectivity index (χ4n) is 6.83. The molecular formula is C40H45N3O7. The van der Waals surface area contributed by atoms with Gasteiger partial charge in [0.2, 0.25) is 0 Å². The van der Waals surface area contributed by atoms with Crippen molar-refractivity contribution in [1.82, 2.24) is 10.2 Å². The molecule has 3 saturated heterocycles. The van der Waals surface area contributed by atoms with Gasteiger partial charge in [-0.3, -0.25) is 0 Å². The molecule has 0 unspecified atom stereocenters. The van der Waals surface area contributed by atoms with Crippen LogP contribution in [0.25, 0.3) is 0 Å². The maximum atomic E-state index is 12.7. The Bertz CT molecular complexity index is 1670. The van der Waals surface area contributed by atoms with E-state index in [-0.39, 0.29) is 30.8 Å². The summed E-state index contributed by atoms with van der Waals surface area (Å²) in [4.78, 5) is 15.1. The van der Waals surface area contributed by atoms with E-state index in [0.717, 1.165) is 60.5 Å². The van der Waals surface area contributed by atoms with Crippen LogP contribution in [0.3, 0.4) is 0 Å². The lowest BCUT2D eigenvalue weighted by molar-refractivity contribution is -0.278.